The van der Waals surface area contributed by atoms with Gasteiger partial charge in [-0.2, -0.15) is 0 Å². The molecule has 0 bridgehead atoms. The van der Waals surface area contributed by atoms with Crippen LogP contribution in [0.2, 0.25) is 0 Å². The second kappa shape index (κ2) is 7.07. The van der Waals surface area contributed by atoms with E-state index in [4.69, 9.17) is 4.74 Å². The van der Waals surface area contributed by atoms with Gasteiger partial charge in [-0.25, -0.2) is 0 Å². The Bertz CT molecular complexity index is 509. The maximum absolute atomic E-state index is 12.5. The largest absolute Gasteiger partial charge is 0.378 e. The first kappa shape index (κ1) is 15.2. The summed E-state index contributed by atoms with van der Waals surface area (Å²) in [6, 6.07) is 3.93. The van der Waals surface area contributed by atoms with Gasteiger partial charge >= 0.3 is 0 Å². The van der Waals surface area contributed by atoms with Crippen LogP contribution in [0.25, 0.3) is 0 Å². The molecule has 0 saturated carbocycles. The predicted octanol–water partition coefficient (Wildman–Crippen LogP) is 0.696. The highest BCUT2D eigenvalue weighted by Gasteiger charge is 2.21. The zero-order chi connectivity index (χ0) is 15.4. The molecule has 0 aromatic carbocycles. The van der Waals surface area contributed by atoms with Crippen molar-refractivity contribution in [2.75, 3.05) is 63.9 Å². The highest BCUT2D eigenvalue weighted by Crippen LogP contribution is 2.18. The number of ether oxygens (including phenoxy) is 1. The van der Waals surface area contributed by atoms with Crippen LogP contribution in [0.4, 0.5) is 5.69 Å². The molecule has 6 heteroatoms. The van der Waals surface area contributed by atoms with Gasteiger partial charge in [0, 0.05) is 51.2 Å². The monoisotopic (exact) mass is 304 g/mol. The molecule has 22 heavy (non-hydrogen) atoms. The average Bonchev–Trinajstić information content (AvgIpc) is 2.62. The minimum absolute atomic E-state index is 0.0114. The van der Waals surface area contributed by atoms with Crippen molar-refractivity contribution in [1.29, 1.82) is 0 Å². The Hall–Kier alpha value is -1.66. The molecule has 2 aliphatic rings. The van der Waals surface area contributed by atoms with Gasteiger partial charge in [0.2, 0.25) is 0 Å². The molecule has 0 unspecified atom stereocenters. The zero-order valence-corrected chi connectivity index (χ0v) is 13.2. The molecule has 2 aliphatic heterocycles. The highest BCUT2D eigenvalue weighted by atomic mass is 16.5. The predicted molar refractivity (Wildman–Crippen MR) is 85.3 cm³/mol. The van der Waals surface area contributed by atoms with Crippen molar-refractivity contribution in [3.05, 3.63) is 24.0 Å². The molecule has 1 aromatic heterocycles. The third kappa shape index (κ3) is 3.39. The summed E-state index contributed by atoms with van der Waals surface area (Å²) >= 11 is 0. The van der Waals surface area contributed by atoms with Crippen LogP contribution >= 0.6 is 0 Å². The molecular weight excluding hydrogens is 280 g/mol. The summed E-state index contributed by atoms with van der Waals surface area (Å²) in [5.41, 5.74) is 1.64. The topological polar surface area (TPSA) is 48.9 Å². The molecule has 2 fully saturated rings. The van der Waals surface area contributed by atoms with Crippen LogP contribution in [0.1, 0.15) is 17.4 Å². The Balaban J connectivity index is 1.68. The van der Waals surface area contributed by atoms with Crippen LogP contribution in [0.5, 0.6) is 0 Å². The summed E-state index contributed by atoms with van der Waals surface area (Å²) in [6.07, 6.45) is 1.75. The minimum Gasteiger partial charge on any atom is -0.378 e. The van der Waals surface area contributed by atoms with Gasteiger partial charge in [0.05, 0.1) is 13.2 Å². The standard InChI is InChI=1S/C16H24N4O2/c1-2-18-5-7-19(8-6-18)14-3-4-17-15(13-14)16(21)20-9-11-22-12-10-20/h3-4,13H,2,5-12H2,1H3. The Morgan fingerprint density at radius 3 is 2.59 bits per heavy atom. The number of carbonyl (C=O) groups excluding carboxylic acids is 1. The number of hydrogen-bond donors (Lipinski definition) is 0. The number of morpholine rings is 1. The average molecular weight is 304 g/mol. The molecular formula is C16H24N4O2. The maximum atomic E-state index is 12.5. The van der Waals surface area contributed by atoms with Crippen LogP contribution in [0.3, 0.4) is 0 Å². The van der Waals surface area contributed by atoms with Crippen molar-refractivity contribution in [1.82, 2.24) is 14.8 Å². The third-order valence-corrected chi connectivity index (χ3v) is 4.45. The number of rotatable bonds is 3. The Labute approximate surface area is 131 Å². The van der Waals surface area contributed by atoms with Crippen LogP contribution < -0.4 is 4.90 Å². The Morgan fingerprint density at radius 2 is 1.91 bits per heavy atom. The number of amides is 1. The van der Waals surface area contributed by atoms with E-state index >= 15 is 0 Å². The van der Waals surface area contributed by atoms with Gasteiger partial charge in [-0.05, 0) is 18.7 Å². The number of hydrogen-bond acceptors (Lipinski definition) is 5. The number of likely N-dealkylation sites (N-methyl/N-ethyl adjacent to an activating group) is 1. The van der Waals surface area contributed by atoms with Gasteiger partial charge in [0.25, 0.3) is 5.91 Å². The minimum atomic E-state index is 0.0114. The number of nitrogens with zero attached hydrogens (tertiary/aromatic N) is 4. The summed E-state index contributed by atoms with van der Waals surface area (Å²) in [5.74, 6) is 0.0114. The van der Waals surface area contributed by atoms with Gasteiger partial charge in [-0.3, -0.25) is 9.78 Å². The molecule has 6 nitrogen and oxygen atoms in total. The lowest BCUT2D eigenvalue weighted by atomic mass is 10.2. The quantitative estimate of drug-likeness (QED) is 0.822. The molecule has 0 N–H and O–H groups in total. The molecule has 120 valence electrons. The molecule has 0 radical (unpaired) electrons. The van der Waals surface area contributed by atoms with E-state index in [-0.39, 0.29) is 5.91 Å². The lowest BCUT2D eigenvalue weighted by molar-refractivity contribution is 0.0299. The molecule has 0 spiro atoms. The number of aromatic nitrogens is 1. The van der Waals surface area contributed by atoms with Crippen molar-refractivity contribution in [2.45, 2.75) is 6.92 Å². The fraction of sp³-hybridized carbons (Fsp3) is 0.625. The van der Waals surface area contributed by atoms with Gasteiger partial charge in [-0.15, -0.1) is 0 Å². The van der Waals surface area contributed by atoms with E-state index < -0.39 is 0 Å². The SMILES string of the molecule is CCN1CCN(c2ccnc(C(=O)N3CCOCC3)c2)CC1. The summed E-state index contributed by atoms with van der Waals surface area (Å²) in [7, 11) is 0. The first-order valence-corrected chi connectivity index (χ1v) is 8.08. The lowest BCUT2D eigenvalue weighted by Gasteiger charge is -2.35. The number of piperazine rings is 1. The number of anilines is 1. The lowest BCUT2D eigenvalue weighted by Crippen LogP contribution is -2.46. The summed E-state index contributed by atoms with van der Waals surface area (Å²) in [5, 5.41) is 0. The molecule has 2 saturated heterocycles. The fourth-order valence-electron chi connectivity index (χ4n) is 2.98. The Kier molecular flexibility index (Phi) is 4.90. The van der Waals surface area contributed by atoms with Crippen LogP contribution in [-0.4, -0.2) is 79.7 Å². The number of pyridine rings is 1. The van der Waals surface area contributed by atoms with Gasteiger partial charge in [0.1, 0.15) is 5.69 Å². The fourth-order valence-corrected chi connectivity index (χ4v) is 2.98. The summed E-state index contributed by atoms with van der Waals surface area (Å²) < 4.78 is 5.30. The zero-order valence-electron chi connectivity index (χ0n) is 13.2. The van der Waals surface area contributed by atoms with Crippen molar-refractivity contribution in [3.8, 4) is 0 Å². The molecule has 0 atom stereocenters. The van der Waals surface area contributed by atoms with Gasteiger partial charge in [0.15, 0.2) is 0 Å². The van der Waals surface area contributed by atoms with Crippen LogP contribution in [0, 0.1) is 0 Å². The van der Waals surface area contributed by atoms with Crippen LogP contribution in [-0.2, 0) is 4.74 Å². The summed E-state index contributed by atoms with van der Waals surface area (Å²) in [6.45, 7) is 9.99. The van der Waals surface area contributed by atoms with Gasteiger partial charge in [-0.1, -0.05) is 6.92 Å². The van der Waals surface area contributed by atoms with E-state index in [9.17, 15) is 4.79 Å². The summed E-state index contributed by atoms with van der Waals surface area (Å²) in [4.78, 5) is 23.4. The van der Waals surface area contributed by atoms with E-state index in [0.717, 1.165) is 38.4 Å². The molecule has 1 aromatic rings. The Morgan fingerprint density at radius 1 is 1.18 bits per heavy atom. The molecule has 0 aliphatic carbocycles. The molecule has 3 rings (SSSR count). The van der Waals surface area contributed by atoms with E-state index in [2.05, 4.69) is 21.7 Å². The molecule has 3 heterocycles. The van der Waals surface area contributed by atoms with Crippen molar-refractivity contribution >= 4 is 11.6 Å². The second-order valence-corrected chi connectivity index (χ2v) is 5.73. The van der Waals surface area contributed by atoms with Crippen molar-refractivity contribution in [3.63, 3.8) is 0 Å². The second-order valence-electron chi connectivity index (χ2n) is 5.73. The van der Waals surface area contributed by atoms with Gasteiger partial charge < -0.3 is 19.4 Å². The van der Waals surface area contributed by atoms with E-state index in [0.29, 0.717) is 32.0 Å². The number of carbonyl (C=O) groups is 1. The normalized spacial score (nSPS) is 20.2. The van der Waals surface area contributed by atoms with E-state index in [1.54, 1.807) is 6.20 Å². The van der Waals surface area contributed by atoms with Crippen molar-refractivity contribution in [2.24, 2.45) is 0 Å². The third-order valence-electron chi connectivity index (χ3n) is 4.45. The van der Waals surface area contributed by atoms with Crippen LogP contribution in [0.15, 0.2) is 18.3 Å². The first-order valence-electron chi connectivity index (χ1n) is 8.08. The van der Waals surface area contributed by atoms with Crippen molar-refractivity contribution < 1.29 is 9.53 Å². The van der Waals surface area contributed by atoms with E-state index in [1.165, 1.54) is 0 Å². The smallest absolute Gasteiger partial charge is 0.272 e. The maximum Gasteiger partial charge on any atom is 0.272 e. The highest BCUT2D eigenvalue weighted by molar-refractivity contribution is 5.93. The first-order chi connectivity index (χ1) is 10.8. The molecule has 1 amide bonds. The van der Waals surface area contributed by atoms with E-state index in [1.807, 2.05) is 17.0 Å².